The maximum absolute atomic E-state index is 2.66. The molecule has 82 valence electrons. The zero-order valence-electron chi connectivity index (χ0n) is 9.84. The van der Waals surface area contributed by atoms with Gasteiger partial charge in [-0.1, -0.05) is 20.3 Å². The Morgan fingerprint density at radius 1 is 1.21 bits per heavy atom. The number of nitrogens with zero attached hydrogens (tertiary/aromatic N) is 2. The average Bonchev–Trinajstić information content (AvgIpc) is 2.77. The van der Waals surface area contributed by atoms with E-state index in [2.05, 4.69) is 18.7 Å². The zero-order valence-corrected chi connectivity index (χ0v) is 9.84. The largest absolute Gasteiger partial charge is 0.308 e. The van der Waals surface area contributed by atoms with Gasteiger partial charge in [-0.05, 0) is 0 Å². The summed E-state index contributed by atoms with van der Waals surface area (Å²) in [6.45, 7) is 11.5. The third kappa shape index (κ3) is 1.70. The molecule has 2 nitrogen and oxygen atoms in total. The summed E-state index contributed by atoms with van der Waals surface area (Å²) < 4.78 is 1.45. The van der Waals surface area contributed by atoms with Crippen LogP contribution >= 0.6 is 0 Å². The van der Waals surface area contributed by atoms with Gasteiger partial charge in [-0.25, -0.2) is 0 Å². The van der Waals surface area contributed by atoms with Gasteiger partial charge in [0.1, 0.15) is 12.7 Å². The predicted molar refractivity (Wildman–Crippen MR) is 60.0 cm³/mol. The maximum Gasteiger partial charge on any atom is 0.135 e. The fraction of sp³-hybridized carbons (Fsp3) is 1.00. The number of hydrogen-bond acceptors (Lipinski definition) is 1. The van der Waals surface area contributed by atoms with E-state index in [9.17, 15) is 0 Å². The third-order valence-corrected chi connectivity index (χ3v) is 4.25. The Kier molecular flexibility index (Phi) is 3.13. The lowest BCUT2D eigenvalue weighted by molar-refractivity contribution is -0.931. The van der Waals surface area contributed by atoms with Crippen molar-refractivity contribution in [1.82, 2.24) is 4.90 Å². The highest BCUT2D eigenvalue weighted by Crippen LogP contribution is 2.32. The minimum absolute atomic E-state index is 0.961. The standard InChI is InChI=1S/C12H25N2/c1-3-7-12-10-13(4-2)11-14(12)8-5-6-9-14/h12H,3-11H2,1-2H3/q+1. The number of likely N-dealkylation sites (N-methyl/N-ethyl adjacent to an activating group) is 1. The van der Waals surface area contributed by atoms with E-state index < -0.39 is 0 Å². The monoisotopic (exact) mass is 197 g/mol. The SMILES string of the molecule is CCCC1CN(CC)C[N+]12CCCC2. The van der Waals surface area contributed by atoms with Crippen LogP contribution in [0.5, 0.6) is 0 Å². The highest BCUT2D eigenvalue weighted by Gasteiger charge is 2.46. The fourth-order valence-electron chi connectivity index (χ4n) is 3.44. The van der Waals surface area contributed by atoms with Crippen molar-refractivity contribution in [3.05, 3.63) is 0 Å². The summed E-state index contributed by atoms with van der Waals surface area (Å²) >= 11 is 0. The Balaban J connectivity index is 2.05. The van der Waals surface area contributed by atoms with Crippen molar-refractivity contribution in [2.75, 3.05) is 32.8 Å². The molecule has 2 aliphatic heterocycles. The highest BCUT2D eigenvalue weighted by atomic mass is 15.5. The molecular formula is C12H25N2+. The summed E-state index contributed by atoms with van der Waals surface area (Å²) in [5.41, 5.74) is 0. The summed E-state index contributed by atoms with van der Waals surface area (Å²) in [4.78, 5) is 2.66. The molecule has 14 heavy (non-hydrogen) atoms. The molecule has 1 unspecified atom stereocenters. The number of hydrogen-bond donors (Lipinski definition) is 0. The first-order valence-corrected chi connectivity index (χ1v) is 6.39. The van der Waals surface area contributed by atoms with Crippen LogP contribution in [-0.2, 0) is 0 Å². The summed E-state index contributed by atoms with van der Waals surface area (Å²) in [6.07, 6.45) is 5.74. The van der Waals surface area contributed by atoms with E-state index in [1.807, 2.05) is 0 Å². The van der Waals surface area contributed by atoms with E-state index in [1.54, 1.807) is 0 Å². The first kappa shape index (κ1) is 10.4. The van der Waals surface area contributed by atoms with Crippen LogP contribution in [0.1, 0.15) is 39.5 Å². The van der Waals surface area contributed by atoms with Crippen LogP contribution in [0.25, 0.3) is 0 Å². The van der Waals surface area contributed by atoms with Crippen molar-refractivity contribution in [3.63, 3.8) is 0 Å². The van der Waals surface area contributed by atoms with Crippen LogP contribution in [-0.4, -0.2) is 48.3 Å². The topological polar surface area (TPSA) is 3.24 Å². The molecule has 2 rings (SSSR count). The Hall–Kier alpha value is -0.0800. The van der Waals surface area contributed by atoms with Crippen LogP contribution in [0.4, 0.5) is 0 Å². The average molecular weight is 197 g/mol. The normalized spacial score (nSPS) is 31.7. The molecule has 0 aromatic heterocycles. The zero-order chi connectivity index (χ0) is 10.0. The van der Waals surface area contributed by atoms with Crippen LogP contribution < -0.4 is 0 Å². The molecule has 1 atom stereocenters. The second-order valence-electron chi connectivity index (χ2n) is 5.13. The van der Waals surface area contributed by atoms with Crippen molar-refractivity contribution in [3.8, 4) is 0 Å². The summed E-state index contributed by atoms with van der Waals surface area (Å²) in [6, 6.07) is 0.961. The molecule has 1 spiro atoms. The van der Waals surface area contributed by atoms with Gasteiger partial charge in [0, 0.05) is 25.8 Å². The summed E-state index contributed by atoms with van der Waals surface area (Å²) in [5.74, 6) is 0. The van der Waals surface area contributed by atoms with Crippen LogP contribution in [0.15, 0.2) is 0 Å². The van der Waals surface area contributed by atoms with Crippen LogP contribution in [0.2, 0.25) is 0 Å². The van der Waals surface area contributed by atoms with Gasteiger partial charge in [0.2, 0.25) is 0 Å². The maximum atomic E-state index is 2.66. The molecule has 0 aromatic rings. The minimum Gasteiger partial charge on any atom is -0.308 e. The van der Waals surface area contributed by atoms with E-state index in [1.165, 1.54) is 63.0 Å². The molecule has 0 amide bonds. The predicted octanol–water partition coefficient (Wildman–Crippen LogP) is 2.06. The van der Waals surface area contributed by atoms with Gasteiger partial charge in [0.05, 0.1) is 19.6 Å². The Labute approximate surface area is 88.5 Å². The molecule has 0 N–H and O–H groups in total. The first-order valence-electron chi connectivity index (χ1n) is 6.39. The molecule has 0 bridgehead atoms. The van der Waals surface area contributed by atoms with Crippen molar-refractivity contribution >= 4 is 0 Å². The quantitative estimate of drug-likeness (QED) is 0.626. The Morgan fingerprint density at radius 2 is 1.93 bits per heavy atom. The molecule has 0 aromatic carbocycles. The second kappa shape index (κ2) is 4.19. The van der Waals surface area contributed by atoms with Gasteiger partial charge in [-0.15, -0.1) is 0 Å². The molecule has 2 aliphatic rings. The van der Waals surface area contributed by atoms with Gasteiger partial charge in [-0.3, -0.25) is 4.90 Å². The fourth-order valence-corrected chi connectivity index (χ4v) is 3.44. The van der Waals surface area contributed by atoms with Crippen molar-refractivity contribution in [1.29, 1.82) is 0 Å². The van der Waals surface area contributed by atoms with Gasteiger partial charge in [0.15, 0.2) is 0 Å². The molecule has 0 saturated carbocycles. The van der Waals surface area contributed by atoms with Gasteiger partial charge in [0.25, 0.3) is 0 Å². The lowest BCUT2D eigenvalue weighted by Crippen LogP contribution is -2.50. The van der Waals surface area contributed by atoms with E-state index in [0.29, 0.717) is 0 Å². The van der Waals surface area contributed by atoms with E-state index in [-0.39, 0.29) is 0 Å². The first-order chi connectivity index (χ1) is 6.80. The van der Waals surface area contributed by atoms with E-state index in [0.717, 1.165) is 6.04 Å². The molecule has 2 saturated heterocycles. The van der Waals surface area contributed by atoms with Gasteiger partial charge in [-0.2, -0.15) is 0 Å². The molecule has 0 aliphatic carbocycles. The van der Waals surface area contributed by atoms with Crippen LogP contribution in [0.3, 0.4) is 0 Å². The second-order valence-corrected chi connectivity index (χ2v) is 5.13. The molecule has 0 radical (unpaired) electrons. The molecular weight excluding hydrogens is 172 g/mol. The third-order valence-electron chi connectivity index (χ3n) is 4.25. The number of quaternary nitrogens is 1. The van der Waals surface area contributed by atoms with Crippen LogP contribution in [0, 0.1) is 0 Å². The molecule has 2 heterocycles. The molecule has 2 fully saturated rings. The smallest absolute Gasteiger partial charge is 0.135 e. The highest BCUT2D eigenvalue weighted by molar-refractivity contribution is 4.75. The molecule has 2 heteroatoms. The van der Waals surface area contributed by atoms with Crippen molar-refractivity contribution < 1.29 is 4.48 Å². The van der Waals surface area contributed by atoms with Gasteiger partial charge >= 0.3 is 0 Å². The minimum atomic E-state index is 0.961. The Bertz CT molecular complexity index is 185. The van der Waals surface area contributed by atoms with Gasteiger partial charge < -0.3 is 4.48 Å². The van der Waals surface area contributed by atoms with Crippen molar-refractivity contribution in [2.45, 2.75) is 45.6 Å². The summed E-state index contributed by atoms with van der Waals surface area (Å²) in [5, 5.41) is 0. The number of rotatable bonds is 3. The van der Waals surface area contributed by atoms with E-state index >= 15 is 0 Å². The lowest BCUT2D eigenvalue weighted by Gasteiger charge is -2.35. The van der Waals surface area contributed by atoms with Crippen molar-refractivity contribution in [2.24, 2.45) is 0 Å². The van der Waals surface area contributed by atoms with E-state index in [4.69, 9.17) is 0 Å². The Morgan fingerprint density at radius 3 is 2.50 bits per heavy atom. The summed E-state index contributed by atoms with van der Waals surface area (Å²) in [7, 11) is 0. The lowest BCUT2D eigenvalue weighted by atomic mass is 10.1.